The van der Waals surface area contributed by atoms with Crippen molar-refractivity contribution in [2.24, 2.45) is 0 Å². The molecule has 0 N–H and O–H groups in total. The Hall–Kier alpha value is -7.60. The molecule has 0 bridgehead atoms. The molecule has 12 aromatic rings. The molecule has 0 aliphatic carbocycles. The third-order valence-electron chi connectivity index (χ3n) is 12.1. The maximum absolute atomic E-state index is 5.45. The maximum atomic E-state index is 5.45. The summed E-state index contributed by atoms with van der Waals surface area (Å²) in [4.78, 5) is 13.2. The van der Waals surface area contributed by atoms with Crippen LogP contribution < -0.4 is 4.90 Å². The van der Waals surface area contributed by atoms with Crippen molar-refractivity contribution in [3.05, 3.63) is 194 Å². The molecule has 9 aromatic carbocycles. The summed E-state index contributed by atoms with van der Waals surface area (Å²) in [6, 6.07) is 70.2. The molecule has 13 rings (SSSR count). The Bertz CT molecular complexity index is 3670. The first-order chi connectivity index (χ1) is 29.2. The summed E-state index contributed by atoms with van der Waals surface area (Å²) in [5.41, 5.74) is 13.4. The van der Waals surface area contributed by atoms with Gasteiger partial charge in [0.05, 0.1) is 38.3 Å². The molecule has 0 fully saturated rings. The van der Waals surface area contributed by atoms with Crippen molar-refractivity contribution in [2.45, 2.75) is 0 Å². The highest BCUT2D eigenvalue weighted by molar-refractivity contribution is 7.26. The Balaban J connectivity index is 0.997. The summed E-state index contributed by atoms with van der Waals surface area (Å²) in [6.07, 6.45) is 0. The van der Waals surface area contributed by atoms with Crippen LogP contribution in [0.4, 0.5) is 17.1 Å². The normalized spacial score (nSPS) is 12.4. The third kappa shape index (κ3) is 4.83. The number of hydrogen-bond donors (Lipinski definition) is 0. The summed E-state index contributed by atoms with van der Waals surface area (Å²) in [6.45, 7) is 0. The molecule has 0 radical (unpaired) electrons. The van der Waals surface area contributed by atoms with E-state index in [4.69, 9.17) is 9.97 Å². The van der Waals surface area contributed by atoms with Crippen LogP contribution in [0, 0.1) is 0 Å². The van der Waals surface area contributed by atoms with Crippen LogP contribution in [-0.4, -0.2) is 14.5 Å². The third-order valence-corrected chi connectivity index (χ3v) is 13.3. The van der Waals surface area contributed by atoms with Gasteiger partial charge in [-0.1, -0.05) is 121 Å². The molecule has 4 nitrogen and oxygen atoms in total. The zero-order valence-electron chi connectivity index (χ0n) is 31.7. The maximum Gasteiger partial charge on any atom is 0.160 e. The van der Waals surface area contributed by atoms with E-state index in [1.54, 1.807) is 11.3 Å². The van der Waals surface area contributed by atoms with Gasteiger partial charge in [-0.2, -0.15) is 0 Å². The van der Waals surface area contributed by atoms with Gasteiger partial charge in [0.25, 0.3) is 0 Å². The minimum absolute atomic E-state index is 0.712. The Morgan fingerprint density at radius 3 is 1.98 bits per heavy atom. The van der Waals surface area contributed by atoms with Crippen molar-refractivity contribution >= 4 is 92.1 Å². The number of para-hydroxylation sites is 2. The first kappa shape index (κ1) is 32.5. The lowest BCUT2D eigenvalue weighted by atomic mass is 9.89. The van der Waals surface area contributed by atoms with Gasteiger partial charge in [0.15, 0.2) is 5.82 Å². The van der Waals surface area contributed by atoms with E-state index in [0.29, 0.717) is 5.82 Å². The van der Waals surface area contributed by atoms with E-state index < -0.39 is 0 Å². The molecule has 5 heteroatoms. The van der Waals surface area contributed by atoms with Gasteiger partial charge in [0, 0.05) is 54.3 Å². The van der Waals surface area contributed by atoms with Gasteiger partial charge in [-0.25, -0.2) is 9.97 Å². The minimum Gasteiger partial charge on any atom is -0.309 e. The largest absolute Gasteiger partial charge is 0.309 e. The number of anilines is 3. The molecule has 0 saturated carbocycles. The van der Waals surface area contributed by atoms with Gasteiger partial charge in [-0.3, -0.25) is 0 Å². The van der Waals surface area contributed by atoms with Gasteiger partial charge in [-0.15, -0.1) is 11.3 Å². The lowest BCUT2D eigenvalue weighted by Gasteiger charge is -2.34. The second-order valence-electron chi connectivity index (χ2n) is 15.4. The first-order valence-electron chi connectivity index (χ1n) is 20.0. The average Bonchev–Trinajstić information content (AvgIpc) is 3.84. The molecule has 0 spiro atoms. The molecule has 1 aliphatic rings. The van der Waals surface area contributed by atoms with Crippen LogP contribution in [0.2, 0.25) is 0 Å². The Morgan fingerprint density at radius 2 is 1.12 bits per heavy atom. The van der Waals surface area contributed by atoms with Crippen molar-refractivity contribution in [3.63, 3.8) is 0 Å². The standard InChI is InChI=1S/C54H32N4S/c1-2-16-38(17-3-1)57-45-21-8-6-18-40(45)41-29-26-37(32-47(41)57)51-53-52(43-19-7-9-23-49(43)59-53)56-54(55-51)34-24-27-39(28-25-34)58-46-22-11-15-33-14-10-20-42(50(33)46)44-30-35-12-4-5-13-36(35)31-48(44)58/h1-32H. The lowest BCUT2D eigenvalue weighted by molar-refractivity contribution is 1.18. The fourth-order valence-electron chi connectivity index (χ4n) is 9.42. The second-order valence-corrected chi connectivity index (χ2v) is 16.4. The van der Waals surface area contributed by atoms with E-state index in [2.05, 4.69) is 204 Å². The van der Waals surface area contributed by atoms with E-state index in [1.165, 1.54) is 65.0 Å². The predicted molar refractivity (Wildman–Crippen MR) is 249 cm³/mol. The SMILES string of the molecule is c1ccc(-n2c3ccccc3c3ccc(-c4nc(-c5ccc(N6c7cc8ccccc8cc7-c7cccc8cccc6c78)cc5)nc5c4sc4ccccc45)cc32)cc1. The molecular formula is C54H32N4S. The van der Waals surface area contributed by atoms with E-state index in [9.17, 15) is 0 Å². The van der Waals surface area contributed by atoms with Crippen LogP contribution in [0.1, 0.15) is 0 Å². The fourth-order valence-corrected chi connectivity index (χ4v) is 10.6. The molecule has 0 atom stereocenters. The van der Waals surface area contributed by atoms with Crippen LogP contribution in [0.25, 0.3) is 103 Å². The summed E-state index contributed by atoms with van der Waals surface area (Å²) < 4.78 is 4.67. The zero-order valence-corrected chi connectivity index (χ0v) is 32.5. The van der Waals surface area contributed by atoms with Gasteiger partial charge in [0.2, 0.25) is 0 Å². The number of thiophene rings is 1. The van der Waals surface area contributed by atoms with Crippen LogP contribution in [0.5, 0.6) is 0 Å². The number of benzene rings is 9. The predicted octanol–water partition coefficient (Wildman–Crippen LogP) is 15.0. The highest BCUT2D eigenvalue weighted by Gasteiger charge is 2.27. The van der Waals surface area contributed by atoms with Crippen molar-refractivity contribution in [2.75, 3.05) is 4.90 Å². The van der Waals surface area contributed by atoms with E-state index in [-0.39, 0.29) is 0 Å². The topological polar surface area (TPSA) is 34.0 Å². The molecule has 59 heavy (non-hydrogen) atoms. The van der Waals surface area contributed by atoms with Gasteiger partial charge in [0.1, 0.15) is 0 Å². The van der Waals surface area contributed by atoms with Gasteiger partial charge >= 0.3 is 0 Å². The van der Waals surface area contributed by atoms with Crippen LogP contribution >= 0.6 is 11.3 Å². The number of aromatic nitrogens is 3. The first-order valence-corrected chi connectivity index (χ1v) is 20.8. The number of nitrogens with zero attached hydrogens (tertiary/aromatic N) is 4. The van der Waals surface area contributed by atoms with Crippen LogP contribution in [0.3, 0.4) is 0 Å². The molecule has 1 aliphatic heterocycles. The quantitative estimate of drug-likeness (QED) is 0.179. The fraction of sp³-hybridized carbons (Fsp3) is 0. The molecule has 3 aromatic heterocycles. The van der Waals surface area contributed by atoms with Crippen molar-refractivity contribution < 1.29 is 0 Å². The highest BCUT2D eigenvalue weighted by atomic mass is 32.1. The van der Waals surface area contributed by atoms with Crippen molar-refractivity contribution in [3.8, 4) is 39.5 Å². The molecular weight excluding hydrogens is 737 g/mol. The minimum atomic E-state index is 0.712. The Morgan fingerprint density at radius 1 is 0.424 bits per heavy atom. The van der Waals surface area contributed by atoms with Crippen LogP contribution in [0.15, 0.2) is 194 Å². The summed E-state index contributed by atoms with van der Waals surface area (Å²) in [7, 11) is 0. The summed E-state index contributed by atoms with van der Waals surface area (Å²) >= 11 is 1.77. The zero-order chi connectivity index (χ0) is 38.6. The molecule has 0 saturated heterocycles. The summed E-state index contributed by atoms with van der Waals surface area (Å²) in [5.74, 6) is 0.712. The smallest absolute Gasteiger partial charge is 0.160 e. The molecule has 274 valence electrons. The van der Waals surface area contributed by atoms with E-state index in [0.717, 1.165) is 49.3 Å². The Labute approximate surface area is 343 Å². The van der Waals surface area contributed by atoms with E-state index >= 15 is 0 Å². The van der Waals surface area contributed by atoms with Gasteiger partial charge < -0.3 is 9.47 Å². The van der Waals surface area contributed by atoms with Gasteiger partial charge in [-0.05, 0) is 94.5 Å². The highest BCUT2D eigenvalue weighted by Crippen LogP contribution is 2.52. The monoisotopic (exact) mass is 768 g/mol. The van der Waals surface area contributed by atoms with E-state index in [1.807, 2.05) is 0 Å². The second kappa shape index (κ2) is 12.4. The van der Waals surface area contributed by atoms with Crippen molar-refractivity contribution in [1.82, 2.24) is 14.5 Å². The van der Waals surface area contributed by atoms with Crippen LogP contribution in [-0.2, 0) is 0 Å². The molecule has 0 amide bonds. The Kier molecular flexibility index (Phi) is 6.85. The van der Waals surface area contributed by atoms with Crippen molar-refractivity contribution in [1.29, 1.82) is 0 Å². The summed E-state index contributed by atoms with van der Waals surface area (Å²) in [5, 5.41) is 8.57. The molecule has 4 heterocycles. The number of fused-ring (bicyclic) bond motifs is 9. The lowest BCUT2D eigenvalue weighted by Crippen LogP contribution is -2.15. The average molecular weight is 769 g/mol. The number of hydrogen-bond acceptors (Lipinski definition) is 4. The number of rotatable bonds is 4. The molecule has 0 unspecified atom stereocenters.